The summed E-state index contributed by atoms with van der Waals surface area (Å²) in [6, 6.07) is 17.0. The van der Waals surface area contributed by atoms with Gasteiger partial charge in [-0.3, -0.25) is 19.2 Å². The van der Waals surface area contributed by atoms with Crippen molar-refractivity contribution in [1.29, 1.82) is 0 Å². The van der Waals surface area contributed by atoms with Crippen LogP contribution in [0, 0.1) is 17.0 Å². The molecule has 0 spiro atoms. The minimum atomic E-state index is -4.42. The van der Waals surface area contributed by atoms with E-state index in [1.54, 1.807) is 0 Å². The second kappa shape index (κ2) is 10.5. The Morgan fingerprint density at radius 2 is 1.82 bits per heavy atom. The summed E-state index contributed by atoms with van der Waals surface area (Å²) in [5, 5.41) is 14.3. The lowest BCUT2D eigenvalue weighted by Gasteiger charge is -2.26. The van der Waals surface area contributed by atoms with Gasteiger partial charge in [-0.25, -0.2) is 8.42 Å². The number of carbonyl (C=O) groups is 1. The van der Waals surface area contributed by atoms with Gasteiger partial charge in [0.05, 0.1) is 22.6 Å². The number of nitro groups is 1. The fourth-order valence-corrected chi connectivity index (χ4v) is 4.82. The second-order valence-corrected chi connectivity index (χ2v) is 9.59. The van der Waals surface area contributed by atoms with Gasteiger partial charge in [0.1, 0.15) is 12.3 Å². The van der Waals surface area contributed by atoms with Crippen LogP contribution in [-0.2, 0) is 21.4 Å². The standard InChI is InChI=1S/C23H22ClN3O6S/c1-16-8-10-19(13-20(16)27(29)30)34(31,32)26(21-12-18(24)9-11-22(21)33-2)15-23(28)25-14-17-6-4-3-5-7-17/h3-13H,14-15H2,1-2H3,(H,25,28). The number of hydrogen-bond acceptors (Lipinski definition) is 6. The number of nitrogens with zero attached hydrogens (tertiary/aromatic N) is 2. The van der Waals surface area contributed by atoms with Crippen LogP contribution in [0.25, 0.3) is 0 Å². The van der Waals surface area contributed by atoms with E-state index in [0.29, 0.717) is 5.56 Å². The first-order chi connectivity index (χ1) is 16.1. The molecule has 3 aromatic carbocycles. The van der Waals surface area contributed by atoms with Gasteiger partial charge in [0.2, 0.25) is 5.91 Å². The van der Waals surface area contributed by atoms with Gasteiger partial charge in [-0.2, -0.15) is 0 Å². The van der Waals surface area contributed by atoms with Crippen LogP contribution < -0.4 is 14.4 Å². The van der Waals surface area contributed by atoms with Crippen LogP contribution in [0.5, 0.6) is 5.75 Å². The fraction of sp³-hybridized carbons (Fsp3) is 0.174. The highest BCUT2D eigenvalue weighted by atomic mass is 35.5. The Bertz CT molecular complexity index is 1320. The van der Waals surface area contributed by atoms with E-state index in [2.05, 4.69) is 5.32 Å². The van der Waals surface area contributed by atoms with Gasteiger partial charge in [0, 0.05) is 23.2 Å². The van der Waals surface area contributed by atoms with E-state index in [-0.39, 0.29) is 33.6 Å². The van der Waals surface area contributed by atoms with E-state index in [0.717, 1.165) is 15.9 Å². The summed E-state index contributed by atoms with van der Waals surface area (Å²) < 4.78 is 33.4. The average molecular weight is 504 g/mol. The van der Waals surface area contributed by atoms with Crippen molar-refractivity contribution in [3.05, 3.63) is 93.0 Å². The summed E-state index contributed by atoms with van der Waals surface area (Å²) in [6.45, 7) is 1.09. The second-order valence-electron chi connectivity index (χ2n) is 7.30. The Labute approximate surface area is 202 Å². The smallest absolute Gasteiger partial charge is 0.273 e. The molecule has 0 aliphatic heterocycles. The number of hydrogen-bond donors (Lipinski definition) is 1. The van der Waals surface area contributed by atoms with Crippen molar-refractivity contribution in [3.8, 4) is 5.75 Å². The number of methoxy groups -OCH3 is 1. The fourth-order valence-electron chi connectivity index (χ4n) is 3.21. The summed E-state index contributed by atoms with van der Waals surface area (Å²) in [5.41, 5.74) is 0.803. The molecule has 0 aromatic heterocycles. The van der Waals surface area contributed by atoms with E-state index in [1.807, 2.05) is 30.3 Å². The van der Waals surface area contributed by atoms with Gasteiger partial charge in [-0.1, -0.05) is 48.0 Å². The van der Waals surface area contributed by atoms with Crippen LogP contribution in [0.2, 0.25) is 5.02 Å². The number of sulfonamides is 1. The van der Waals surface area contributed by atoms with Crippen molar-refractivity contribution in [2.24, 2.45) is 0 Å². The average Bonchev–Trinajstić information content (AvgIpc) is 2.81. The van der Waals surface area contributed by atoms with Gasteiger partial charge in [0.15, 0.2) is 0 Å². The molecule has 0 bridgehead atoms. The first-order valence-electron chi connectivity index (χ1n) is 10.1. The lowest BCUT2D eigenvalue weighted by Crippen LogP contribution is -2.41. The van der Waals surface area contributed by atoms with E-state index in [4.69, 9.17) is 16.3 Å². The zero-order valence-corrected chi connectivity index (χ0v) is 20.0. The molecule has 11 heteroatoms. The van der Waals surface area contributed by atoms with Crippen LogP contribution in [0.4, 0.5) is 11.4 Å². The molecule has 0 saturated carbocycles. The third-order valence-electron chi connectivity index (χ3n) is 4.99. The maximum atomic E-state index is 13.6. The quantitative estimate of drug-likeness (QED) is 0.347. The molecule has 0 heterocycles. The highest BCUT2D eigenvalue weighted by Crippen LogP contribution is 2.35. The first-order valence-corrected chi connectivity index (χ1v) is 11.9. The lowest BCUT2D eigenvalue weighted by molar-refractivity contribution is -0.385. The Hall–Kier alpha value is -3.63. The molecule has 34 heavy (non-hydrogen) atoms. The van der Waals surface area contributed by atoms with Crippen molar-refractivity contribution in [3.63, 3.8) is 0 Å². The van der Waals surface area contributed by atoms with Crippen LogP contribution in [-0.4, -0.2) is 32.9 Å². The van der Waals surface area contributed by atoms with Crippen molar-refractivity contribution in [2.45, 2.75) is 18.4 Å². The van der Waals surface area contributed by atoms with Crippen LogP contribution >= 0.6 is 11.6 Å². The van der Waals surface area contributed by atoms with Gasteiger partial charge >= 0.3 is 0 Å². The number of carbonyl (C=O) groups excluding carboxylic acids is 1. The summed E-state index contributed by atoms with van der Waals surface area (Å²) in [4.78, 5) is 23.2. The molecule has 1 amide bonds. The van der Waals surface area contributed by atoms with Crippen molar-refractivity contribution >= 4 is 38.9 Å². The molecule has 0 atom stereocenters. The third-order valence-corrected chi connectivity index (χ3v) is 6.99. The number of amides is 1. The highest BCUT2D eigenvalue weighted by Gasteiger charge is 2.31. The predicted molar refractivity (Wildman–Crippen MR) is 129 cm³/mol. The lowest BCUT2D eigenvalue weighted by atomic mass is 10.2. The van der Waals surface area contributed by atoms with Gasteiger partial charge in [-0.15, -0.1) is 0 Å². The van der Waals surface area contributed by atoms with E-state index < -0.39 is 27.4 Å². The van der Waals surface area contributed by atoms with Crippen LogP contribution in [0.3, 0.4) is 0 Å². The molecule has 9 nitrogen and oxygen atoms in total. The molecule has 1 N–H and O–H groups in total. The highest BCUT2D eigenvalue weighted by molar-refractivity contribution is 7.92. The van der Waals surface area contributed by atoms with Crippen molar-refractivity contribution in [1.82, 2.24) is 5.32 Å². The molecule has 3 rings (SSSR count). The number of ether oxygens (including phenoxy) is 1. The largest absolute Gasteiger partial charge is 0.495 e. The normalized spacial score (nSPS) is 11.0. The number of halogens is 1. The number of rotatable bonds is 9. The number of benzene rings is 3. The maximum absolute atomic E-state index is 13.6. The van der Waals surface area contributed by atoms with Gasteiger partial charge in [0.25, 0.3) is 15.7 Å². The van der Waals surface area contributed by atoms with Crippen molar-refractivity contribution < 1.29 is 22.9 Å². The molecule has 0 fully saturated rings. The Balaban J connectivity index is 2.03. The molecule has 0 aliphatic rings. The van der Waals surface area contributed by atoms with Crippen molar-refractivity contribution in [2.75, 3.05) is 18.0 Å². The Morgan fingerprint density at radius 3 is 2.47 bits per heavy atom. The number of anilines is 1. The summed E-state index contributed by atoms with van der Waals surface area (Å²) >= 11 is 6.11. The molecular weight excluding hydrogens is 482 g/mol. The summed E-state index contributed by atoms with van der Waals surface area (Å²) in [5.74, 6) is -0.429. The van der Waals surface area contributed by atoms with Gasteiger partial charge < -0.3 is 10.1 Å². The minimum Gasteiger partial charge on any atom is -0.495 e. The number of aryl methyl sites for hydroxylation is 1. The molecule has 0 unspecified atom stereocenters. The Kier molecular flexibility index (Phi) is 7.75. The van der Waals surface area contributed by atoms with E-state index >= 15 is 0 Å². The molecule has 0 radical (unpaired) electrons. The molecular formula is C23H22ClN3O6S. The van der Waals surface area contributed by atoms with E-state index in [9.17, 15) is 23.3 Å². The number of nitrogens with one attached hydrogen (secondary N) is 1. The molecule has 0 saturated heterocycles. The SMILES string of the molecule is COc1ccc(Cl)cc1N(CC(=O)NCc1ccccc1)S(=O)(=O)c1ccc(C)c([N+](=O)[O-])c1. The number of nitro benzene ring substituents is 1. The van der Waals surface area contributed by atoms with Gasteiger partial charge in [-0.05, 0) is 36.8 Å². The predicted octanol–water partition coefficient (Wildman–Crippen LogP) is 4.08. The molecule has 178 valence electrons. The minimum absolute atomic E-state index is 0.0214. The molecule has 3 aromatic rings. The monoisotopic (exact) mass is 503 g/mol. The molecule has 0 aliphatic carbocycles. The van der Waals surface area contributed by atoms with E-state index in [1.165, 1.54) is 44.4 Å². The third kappa shape index (κ3) is 5.64. The van der Waals surface area contributed by atoms with Crippen LogP contribution in [0.1, 0.15) is 11.1 Å². The summed E-state index contributed by atoms with van der Waals surface area (Å²) in [7, 11) is -3.07. The van der Waals surface area contributed by atoms with Crippen LogP contribution in [0.15, 0.2) is 71.6 Å². The summed E-state index contributed by atoms with van der Waals surface area (Å²) in [6.07, 6.45) is 0. The zero-order valence-electron chi connectivity index (χ0n) is 18.4. The topological polar surface area (TPSA) is 119 Å². The first kappa shape index (κ1) is 25.0. The maximum Gasteiger partial charge on any atom is 0.273 e. The Morgan fingerprint density at radius 1 is 1.12 bits per heavy atom. The zero-order chi connectivity index (χ0) is 24.9.